The first-order chi connectivity index (χ1) is 6.63. The van der Waals surface area contributed by atoms with Crippen LogP contribution in [-0.4, -0.2) is 24.6 Å². The van der Waals surface area contributed by atoms with E-state index in [1.165, 1.54) is 24.3 Å². The normalized spacial score (nSPS) is 15.9. The predicted molar refractivity (Wildman–Crippen MR) is 69.1 cm³/mol. The molecule has 0 aromatic carbocycles. The lowest BCUT2D eigenvalue weighted by atomic mass is 9.86. The zero-order chi connectivity index (χ0) is 11.0. The minimum Gasteiger partial charge on any atom is -0.317 e. The van der Waals surface area contributed by atoms with Crippen LogP contribution >= 0.6 is 11.8 Å². The Labute approximate surface area is 94.4 Å². The van der Waals surface area contributed by atoms with Crippen molar-refractivity contribution in [1.82, 2.24) is 5.32 Å². The molecule has 0 aliphatic rings. The minimum atomic E-state index is 0.654. The molecule has 0 spiro atoms. The van der Waals surface area contributed by atoms with E-state index in [4.69, 9.17) is 0 Å². The molecule has 14 heavy (non-hydrogen) atoms. The molecule has 2 heteroatoms. The third-order valence-electron chi connectivity index (χ3n) is 2.98. The Morgan fingerprint density at radius 1 is 1.21 bits per heavy atom. The quantitative estimate of drug-likeness (QED) is 0.625. The van der Waals surface area contributed by atoms with Crippen LogP contribution in [0, 0.1) is 11.8 Å². The van der Waals surface area contributed by atoms with Gasteiger partial charge < -0.3 is 5.32 Å². The van der Waals surface area contributed by atoms with E-state index >= 15 is 0 Å². The van der Waals surface area contributed by atoms with E-state index in [1.54, 1.807) is 0 Å². The largest absolute Gasteiger partial charge is 0.317 e. The minimum absolute atomic E-state index is 0.654. The molecule has 0 amide bonds. The van der Waals surface area contributed by atoms with Crippen molar-refractivity contribution in [2.24, 2.45) is 11.8 Å². The molecular weight excluding hydrogens is 190 g/mol. The molecule has 0 aromatic rings. The Morgan fingerprint density at radius 3 is 2.29 bits per heavy atom. The molecule has 0 saturated heterocycles. The summed E-state index contributed by atoms with van der Waals surface area (Å²) >= 11 is 2.06. The van der Waals surface area contributed by atoms with Gasteiger partial charge in [0.2, 0.25) is 0 Å². The SMILES string of the molecule is CCSCCCC(C(C)C)C(C)NC. The lowest BCUT2D eigenvalue weighted by Gasteiger charge is -2.27. The Bertz CT molecular complexity index is 125. The van der Waals surface area contributed by atoms with Crippen LogP contribution in [0.5, 0.6) is 0 Å². The summed E-state index contributed by atoms with van der Waals surface area (Å²) in [4.78, 5) is 0. The summed E-state index contributed by atoms with van der Waals surface area (Å²) in [6.45, 7) is 9.22. The summed E-state index contributed by atoms with van der Waals surface area (Å²) in [6.07, 6.45) is 2.74. The highest BCUT2D eigenvalue weighted by Gasteiger charge is 2.18. The van der Waals surface area contributed by atoms with Gasteiger partial charge in [-0.05, 0) is 50.2 Å². The first-order valence-electron chi connectivity index (χ1n) is 5.88. The fraction of sp³-hybridized carbons (Fsp3) is 1.00. The Balaban J connectivity index is 3.74. The highest BCUT2D eigenvalue weighted by molar-refractivity contribution is 7.99. The van der Waals surface area contributed by atoms with Crippen molar-refractivity contribution in [3.8, 4) is 0 Å². The molecule has 0 bridgehead atoms. The topological polar surface area (TPSA) is 12.0 Å². The molecule has 86 valence electrons. The van der Waals surface area contributed by atoms with E-state index in [2.05, 4.69) is 51.8 Å². The summed E-state index contributed by atoms with van der Waals surface area (Å²) in [7, 11) is 2.07. The van der Waals surface area contributed by atoms with E-state index in [9.17, 15) is 0 Å². The van der Waals surface area contributed by atoms with Gasteiger partial charge in [0, 0.05) is 6.04 Å². The first kappa shape index (κ1) is 14.3. The van der Waals surface area contributed by atoms with Gasteiger partial charge in [-0.15, -0.1) is 0 Å². The van der Waals surface area contributed by atoms with Crippen LogP contribution in [0.1, 0.15) is 40.5 Å². The van der Waals surface area contributed by atoms with Crippen molar-refractivity contribution < 1.29 is 0 Å². The van der Waals surface area contributed by atoms with E-state index in [-0.39, 0.29) is 0 Å². The second-order valence-electron chi connectivity index (χ2n) is 4.32. The summed E-state index contributed by atoms with van der Waals surface area (Å²) in [5.41, 5.74) is 0. The highest BCUT2D eigenvalue weighted by atomic mass is 32.2. The molecule has 0 heterocycles. The molecule has 0 saturated carbocycles. The smallest absolute Gasteiger partial charge is 0.00664 e. The lowest BCUT2D eigenvalue weighted by Crippen LogP contribution is -2.33. The third kappa shape index (κ3) is 5.92. The van der Waals surface area contributed by atoms with Crippen molar-refractivity contribution >= 4 is 11.8 Å². The molecule has 0 rings (SSSR count). The van der Waals surface area contributed by atoms with Crippen LogP contribution in [0.25, 0.3) is 0 Å². The Hall–Kier alpha value is 0.310. The van der Waals surface area contributed by atoms with E-state index in [0.717, 1.165) is 11.8 Å². The number of nitrogens with one attached hydrogen (secondary N) is 1. The maximum Gasteiger partial charge on any atom is 0.00664 e. The van der Waals surface area contributed by atoms with Gasteiger partial charge >= 0.3 is 0 Å². The summed E-state index contributed by atoms with van der Waals surface area (Å²) < 4.78 is 0. The van der Waals surface area contributed by atoms with Crippen LogP contribution in [0.15, 0.2) is 0 Å². The van der Waals surface area contributed by atoms with E-state index < -0.39 is 0 Å². The predicted octanol–water partition coefficient (Wildman–Crippen LogP) is 3.40. The molecule has 0 radical (unpaired) electrons. The van der Waals surface area contributed by atoms with Gasteiger partial charge in [0.1, 0.15) is 0 Å². The molecule has 2 atom stereocenters. The molecule has 0 aliphatic heterocycles. The monoisotopic (exact) mass is 217 g/mol. The average Bonchev–Trinajstić information content (AvgIpc) is 2.16. The molecule has 1 nitrogen and oxygen atoms in total. The van der Waals surface area contributed by atoms with E-state index in [0.29, 0.717) is 6.04 Å². The van der Waals surface area contributed by atoms with Crippen LogP contribution in [0.2, 0.25) is 0 Å². The third-order valence-corrected chi connectivity index (χ3v) is 3.97. The molecular formula is C12H27NS. The maximum atomic E-state index is 3.38. The maximum absolute atomic E-state index is 3.38. The second-order valence-corrected chi connectivity index (χ2v) is 5.72. The summed E-state index contributed by atoms with van der Waals surface area (Å²) in [5, 5.41) is 3.38. The van der Waals surface area contributed by atoms with Crippen LogP contribution < -0.4 is 5.32 Å². The van der Waals surface area contributed by atoms with Crippen molar-refractivity contribution in [3.05, 3.63) is 0 Å². The highest BCUT2D eigenvalue weighted by Crippen LogP contribution is 2.22. The second kappa shape index (κ2) is 8.60. The molecule has 0 fully saturated rings. The van der Waals surface area contributed by atoms with Crippen molar-refractivity contribution in [2.75, 3.05) is 18.6 Å². The zero-order valence-electron chi connectivity index (χ0n) is 10.5. The van der Waals surface area contributed by atoms with Gasteiger partial charge in [-0.3, -0.25) is 0 Å². The number of hydrogen-bond acceptors (Lipinski definition) is 2. The Kier molecular flexibility index (Phi) is 8.80. The van der Waals surface area contributed by atoms with E-state index in [1.807, 2.05) is 0 Å². The van der Waals surface area contributed by atoms with Gasteiger partial charge in [-0.2, -0.15) is 11.8 Å². The summed E-state index contributed by atoms with van der Waals surface area (Å²) in [5.74, 6) is 4.21. The van der Waals surface area contributed by atoms with Gasteiger partial charge in [-0.25, -0.2) is 0 Å². The molecule has 0 aromatic heterocycles. The first-order valence-corrected chi connectivity index (χ1v) is 7.03. The zero-order valence-corrected chi connectivity index (χ0v) is 11.3. The van der Waals surface area contributed by atoms with Gasteiger partial charge in [0.15, 0.2) is 0 Å². The van der Waals surface area contributed by atoms with Gasteiger partial charge in [0.05, 0.1) is 0 Å². The standard InChI is InChI=1S/C12H27NS/c1-6-14-9-7-8-12(10(2)3)11(4)13-5/h10-13H,6-9H2,1-5H3. The fourth-order valence-electron chi connectivity index (χ4n) is 1.94. The molecule has 2 unspecified atom stereocenters. The van der Waals surface area contributed by atoms with Gasteiger partial charge in [-0.1, -0.05) is 20.8 Å². The molecule has 1 N–H and O–H groups in total. The van der Waals surface area contributed by atoms with Crippen molar-refractivity contribution in [2.45, 2.75) is 46.6 Å². The average molecular weight is 217 g/mol. The molecule has 0 aliphatic carbocycles. The van der Waals surface area contributed by atoms with Crippen molar-refractivity contribution in [3.63, 3.8) is 0 Å². The lowest BCUT2D eigenvalue weighted by molar-refractivity contribution is 0.282. The summed E-state index contributed by atoms with van der Waals surface area (Å²) in [6, 6.07) is 0.654. The van der Waals surface area contributed by atoms with Crippen molar-refractivity contribution in [1.29, 1.82) is 0 Å². The Morgan fingerprint density at radius 2 is 1.86 bits per heavy atom. The number of rotatable bonds is 8. The van der Waals surface area contributed by atoms with Crippen LogP contribution in [-0.2, 0) is 0 Å². The fourth-order valence-corrected chi connectivity index (χ4v) is 2.60. The number of thioether (sulfide) groups is 1. The van der Waals surface area contributed by atoms with Crippen LogP contribution in [0.4, 0.5) is 0 Å². The van der Waals surface area contributed by atoms with Gasteiger partial charge in [0.25, 0.3) is 0 Å². The number of hydrogen-bond donors (Lipinski definition) is 1. The van der Waals surface area contributed by atoms with Crippen LogP contribution in [0.3, 0.4) is 0 Å².